The molecule has 0 unspecified atom stereocenters. The molecule has 42 heavy (non-hydrogen) atoms. The summed E-state index contributed by atoms with van der Waals surface area (Å²) in [6.45, 7) is 4.26. The molecule has 0 radical (unpaired) electrons. The summed E-state index contributed by atoms with van der Waals surface area (Å²) in [6, 6.07) is 12.2. The first-order valence-electron chi connectivity index (χ1n) is 14.2. The molecule has 2 N–H and O–H groups in total. The summed E-state index contributed by atoms with van der Waals surface area (Å²) >= 11 is 0. The molecular formula is C32H31N5O5. The number of nitrogens with zero attached hydrogens (tertiary/aromatic N) is 3. The van der Waals surface area contributed by atoms with Gasteiger partial charge in [-0.3, -0.25) is 19.2 Å². The summed E-state index contributed by atoms with van der Waals surface area (Å²) < 4.78 is 6.86. The predicted octanol–water partition coefficient (Wildman–Crippen LogP) is 3.87. The molecule has 2 aromatic carbocycles. The van der Waals surface area contributed by atoms with Gasteiger partial charge in [-0.15, -0.1) is 0 Å². The normalized spacial score (nSPS) is 15.6. The van der Waals surface area contributed by atoms with Gasteiger partial charge in [0.15, 0.2) is 17.2 Å². The Balaban J connectivity index is 1.19. The lowest BCUT2D eigenvalue weighted by Crippen LogP contribution is -2.30. The van der Waals surface area contributed by atoms with Crippen LogP contribution in [0.25, 0.3) is 5.65 Å². The lowest BCUT2D eigenvalue weighted by atomic mass is 9.94. The van der Waals surface area contributed by atoms with Gasteiger partial charge in [0.05, 0.1) is 12.2 Å². The van der Waals surface area contributed by atoms with Crippen LogP contribution in [0, 0.1) is 6.92 Å². The molecule has 0 spiro atoms. The van der Waals surface area contributed by atoms with E-state index in [0.717, 1.165) is 46.2 Å². The quantitative estimate of drug-likeness (QED) is 0.310. The Morgan fingerprint density at radius 1 is 1.10 bits per heavy atom. The third kappa shape index (κ3) is 5.15. The Hall–Kier alpha value is -4.86. The van der Waals surface area contributed by atoms with Gasteiger partial charge in [0.1, 0.15) is 23.7 Å². The summed E-state index contributed by atoms with van der Waals surface area (Å²) in [5.41, 5.74) is 6.13. The standard InChI is InChI=1S/C32H31N5O5/c1-3-4-28(39)23-6-7-24-22(18(23)2)8-9-25(24)36-32(41)27-15-26(35-30-11-12-34-37(27)30)31(40)33-16-19-5-10-29-20(13-19)14-21(38)17-42-29/h5-7,10-13,15,25H,3-4,8-9,14,16-17H2,1-2H3,(H,33,40)(H,36,41)/t25-/m0/s1. The van der Waals surface area contributed by atoms with E-state index < -0.39 is 5.91 Å². The van der Waals surface area contributed by atoms with Crippen LogP contribution in [0.5, 0.6) is 5.75 Å². The molecule has 2 aromatic heterocycles. The topological polar surface area (TPSA) is 132 Å². The number of fused-ring (bicyclic) bond motifs is 3. The van der Waals surface area contributed by atoms with Crippen molar-refractivity contribution in [3.63, 3.8) is 0 Å². The summed E-state index contributed by atoms with van der Waals surface area (Å²) in [5, 5.41) is 10.2. The van der Waals surface area contributed by atoms with E-state index in [2.05, 4.69) is 20.7 Å². The molecule has 0 saturated carbocycles. The minimum Gasteiger partial charge on any atom is -0.486 e. The van der Waals surface area contributed by atoms with Gasteiger partial charge in [-0.1, -0.05) is 25.1 Å². The fourth-order valence-corrected chi connectivity index (χ4v) is 5.83. The zero-order valence-electron chi connectivity index (χ0n) is 23.5. The molecule has 3 heterocycles. The molecule has 2 amide bonds. The highest BCUT2D eigenvalue weighted by molar-refractivity contribution is 5.99. The van der Waals surface area contributed by atoms with Gasteiger partial charge in [-0.25, -0.2) is 9.50 Å². The van der Waals surface area contributed by atoms with E-state index >= 15 is 0 Å². The zero-order valence-corrected chi connectivity index (χ0v) is 23.5. The maximum atomic E-state index is 13.6. The molecule has 0 bridgehead atoms. The average molecular weight is 566 g/mol. The van der Waals surface area contributed by atoms with Crippen LogP contribution < -0.4 is 15.4 Å². The highest BCUT2D eigenvalue weighted by Gasteiger charge is 2.29. The van der Waals surface area contributed by atoms with E-state index in [-0.39, 0.29) is 48.1 Å². The van der Waals surface area contributed by atoms with Crippen LogP contribution in [-0.4, -0.2) is 44.6 Å². The number of hydrogen-bond donors (Lipinski definition) is 2. The highest BCUT2D eigenvalue weighted by atomic mass is 16.5. The molecule has 0 fully saturated rings. The number of hydrogen-bond acceptors (Lipinski definition) is 7. The zero-order chi connectivity index (χ0) is 29.4. The molecular weight excluding hydrogens is 534 g/mol. The van der Waals surface area contributed by atoms with E-state index in [1.54, 1.807) is 12.1 Å². The van der Waals surface area contributed by atoms with Gasteiger partial charge < -0.3 is 15.4 Å². The minimum absolute atomic E-state index is 0.0100. The third-order valence-electron chi connectivity index (χ3n) is 7.95. The van der Waals surface area contributed by atoms with Crippen molar-refractivity contribution in [3.8, 4) is 5.75 Å². The van der Waals surface area contributed by atoms with Crippen LogP contribution in [0.3, 0.4) is 0 Å². The van der Waals surface area contributed by atoms with Gasteiger partial charge in [0.2, 0.25) is 0 Å². The Labute approximate surface area is 242 Å². The van der Waals surface area contributed by atoms with Crippen LogP contribution in [0.4, 0.5) is 0 Å². The van der Waals surface area contributed by atoms with Gasteiger partial charge in [-0.2, -0.15) is 5.10 Å². The van der Waals surface area contributed by atoms with Crippen LogP contribution in [-0.2, 0) is 24.2 Å². The fraction of sp³-hybridized carbons (Fsp3) is 0.312. The Kier molecular flexibility index (Phi) is 7.28. The lowest BCUT2D eigenvalue weighted by Gasteiger charge is -2.17. The van der Waals surface area contributed by atoms with Crippen molar-refractivity contribution in [2.24, 2.45) is 0 Å². The van der Waals surface area contributed by atoms with Crippen LogP contribution in [0.1, 0.15) is 91.4 Å². The van der Waals surface area contributed by atoms with Crippen LogP contribution >= 0.6 is 0 Å². The molecule has 0 saturated heterocycles. The van der Waals surface area contributed by atoms with Gasteiger partial charge in [-0.05, 0) is 60.6 Å². The van der Waals surface area contributed by atoms with E-state index in [0.29, 0.717) is 30.7 Å². The Morgan fingerprint density at radius 2 is 1.95 bits per heavy atom. The first kappa shape index (κ1) is 27.3. The molecule has 1 atom stereocenters. The highest BCUT2D eigenvalue weighted by Crippen LogP contribution is 2.35. The summed E-state index contributed by atoms with van der Waals surface area (Å²) in [5.74, 6) is 0.0178. The van der Waals surface area contributed by atoms with E-state index in [1.165, 1.54) is 16.8 Å². The first-order valence-corrected chi connectivity index (χ1v) is 14.2. The number of amides is 2. The molecule has 214 valence electrons. The number of nitrogens with one attached hydrogen (secondary N) is 2. The predicted molar refractivity (Wildman–Crippen MR) is 154 cm³/mol. The number of carbonyl (C=O) groups excluding carboxylic acids is 4. The number of ether oxygens (including phenoxy) is 1. The largest absolute Gasteiger partial charge is 0.486 e. The van der Waals surface area contributed by atoms with E-state index in [4.69, 9.17) is 4.74 Å². The van der Waals surface area contributed by atoms with Crippen LogP contribution in [0.15, 0.2) is 48.7 Å². The number of Topliss-reactive ketones (excluding diaryl/α,β-unsaturated/α-hetero) is 2. The number of ketones is 2. The molecule has 6 rings (SSSR count). The van der Waals surface area contributed by atoms with Crippen molar-refractivity contribution in [1.82, 2.24) is 25.2 Å². The minimum atomic E-state index is -0.441. The number of rotatable bonds is 8. The second-order valence-corrected chi connectivity index (χ2v) is 10.8. The monoisotopic (exact) mass is 565 g/mol. The molecule has 10 nitrogen and oxygen atoms in total. The first-order chi connectivity index (χ1) is 20.3. The SMILES string of the molecule is CCCC(=O)c1ccc2c(c1C)CC[C@@H]2NC(=O)c1cc(C(=O)NCc2ccc3c(c2)CC(=O)CO3)nc2ccnn12. The van der Waals surface area contributed by atoms with Crippen molar-refractivity contribution >= 4 is 29.0 Å². The molecule has 2 aliphatic rings. The van der Waals surface area contributed by atoms with E-state index in [1.807, 2.05) is 38.1 Å². The van der Waals surface area contributed by atoms with Crippen molar-refractivity contribution in [2.45, 2.75) is 58.5 Å². The lowest BCUT2D eigenvalue weighted by molar-refractivity contribution is -0.121. The summed E-state index contributed by atoms with van der Waals surface area (Å²) in [7, 11) is 0. The molecule has 1 aliphatic heterocycles. The smallest absolute Gasteiger partial charge is 0.270 e. The summed E-state index contributed by atoms with van der Waals surface area (Å²) in [6.07, 6.45) is 4.63. The number of carbonyl (C=O) groups is 4. The molecule has 1 aliphatic carbocycles. The van der Waals surface area contributed by atoms with Gasteiger partial charge in [0, 0.05) is 42.6 Å². The van der Waals surface area contributed by atoms with Gasteiger partial charge in [0.25, 0.3) is 11.8 Å². The Morgan fingerprint density at radius 3 is 2.79 bits per heavy atom. The second kappa shape index (κ2) is 11.2. The van der Waals surface area contributed by atoms with Crippen molar-refractivity contribution in [1.29, 1.82) is 0 Å². The molecule has 10 heteroatoms. The van der Waals surface area contributed by atoms with Crippen LogP contribution in [0.2, 0.25) is 0 Å². The van der Waals surface area contributed by atoms with E-state index in [9.17, 15) is 19.2 Å². The van der Waals surface area contributed by atoms with Crippen molar-refractivity contribution < 1.29 is 23.9 Å². The van der Waals surface area contributed by atoms with Crippen molar-refractivity contribution in [3.05, 3.63) is 93.4 Å². The molecule has 4 aromatic rings. The number of benzene rings is 2. The third-order valence-corrected chi connectivity index (χ3v) is 7.95. The maximum Gasteiger partial charge on any atom is 0.270 e. The number of aromatic nitrogens is 3. The summed E-state index contributed by atoms with van der Waals surface area (Å²) in [4.78, 5) is 55.4. The average Bonchev–Trinajstić information content (AvgIpc) is 3.63. The fourth-order valence-electron chi connectivity index (χ4n) is 5.83. The maximum absolute atomic E-state index is 13.6. The van der Waals surface area contributed by atoms with Gasteiger partial charge >= 0.3 is 0 Å². The van der Waals surface area contributed by atoms with Crippen molar-refractivity contribution in [2.75, 3.05) is 6.61 Å². The Bertz CT molecular complexity index is 1760. The second-order valence-electron chi connectivity index (χ2n) is 10.8.